The number of hydrogen-bond acceptors (Lipinski definition) is 4. The molecule has 4 nitrogen and oxygen atoms in total. The summed E-state index contributed by atoms with van der Waals surface area (Å²) in [5, 5.41) is 0. The fourth-order valence-corrected chi connectivity index (χ4v) is 3.11. The summed E-state index contributed by atoms with van der Waals surface area (Å²) in [7, 11) is 1.69. The van der Waals surface area contributed by atoms with E-state index in [0.717, 1.165) is 49.5 Å². The van der Waals surface area contributed by atoms with Gasteiger partial charge in [0.15, 0.2) is 11.5 Å². The van der Waals surface area contributed by atoms with Crippen LogP contribution < -0.4 is 15.2 Å². The van der Waals surface area contributed by atoms with E-state index in [4.69, 9.17) is 15.2 Å². The Labute approximate surface area is 158 Å². The van der Waals surface area contributed by atoms with Crippen LogP contribution in [0.15, 0.2) is 24.8 Å². The van der Waals surface area contributed by atoms with Crippen molar-refractivity contribution in [3.05, 3.63) is 35.9 Å². The van der Waals surface area contributed by atoms with Crippen molar-refractivity contribution in [2.45, 2.75) is 38.8 Å². The van der Waals surface area contributed by atoms with Gasteiger partial charge in [0.2, 0.25) is 0 Å². The lowest BCUT2D eigenvalue weighted by molar-refractivity contribution is 0.201. The maximum absolute atomic E-state index is 6.08. The lowest BCUT2D eigenvalue weighted by atomic mass is 10.0. The first-order chi connectivity index (χ1) is 10.7. The highest BCUT2D eigenvalue weighted by molar-refractivity contribution is 5.85. The van der Waals surface area contributed by atoms with Crippen LogP contribution in [0.3, 0.4) is 0 Å². The number of methoxy groups -OCH3 is 1. The summed E-state index contributed by atoms with van der Waals surface area (Å²) in [6.07, 6.45) is 4.98. The molecule has 0 saturated carbocycles. The van der Waals surface area contributed by atoms with Crippen LogP contribution in [0.25, 0.3) is 0 Å². The lowest BCUT2D eigenvalue weighted by Crippen LogP contribution is -2.42. The molecule has 2 N–H and O–H groups in total. The smallest absolute Gasteiger partial charge is 0.164 e. The van der Waals surface area contributed by atoms with Gasteiger partial charge in [-0.1, -0.05) is 12.1 Å². The number of nitrogens with two attached hydrogens (primary N) is 1. The Bertz CT molecular complexity index is 512. The third kappa shape index (κ3) is 6.17. The van der Waals surface area contributed by atoms with Gasteiger partial charge in [0.05, 0.1) is 13.7 Å². The van der Waals surface area contributed by atoms with Crippen molar-refractivity contribution in [2.24, 2.45) is 5.73 Å². The first kappa shape index (κ1) is 23.1. The van der Waals surface area contributed by atoms with Crippen LogP contribution in [0.4, 0.5) is 0 Å². The van der Waals surface area contributed by atoms with Crippen molar-refractivity contribution in [1.29, 1.82) is 0 Å². The summed E-state index contributed by atoms with van der Waals surface area (Å²) in [4.78, 5) is 2.42. The van der Waals surface area contributed by atoms with Crippen LogP contribution in [0, 0.1) is 0 Å². The van der Waals surface area contributed by atoms with Crippen molar-refractivity contribution in [1.82, 2.24) is 4.90 Å². The minimum Gasteiger partial charge on any atom is -0.493 e. The Hall–Kier alpha value is -0.940. The highest BCUT2D eigenvalue weighted by atomic mass is 35.5. The number of ether oxygens (including phenoxy) is 2. The number of allylic oxidation sites excluding steroid dienone is 1. The molecule has 1 unspecified atom stereocenters. The fourth-order valence-electron chi connectivity index (χ4n) is 3.11. The van der Waals surface area contributed by atoms with Crippen LogP contribution in [-0.2, 0) is 13.0 Å². The third-order valence-corrected chi connectivity index (χ3v) is 4.01. The summed E-state index contributed by atoms with van der Waals surface area (Å²) in [6, 6.07) is 4.59. The maximum Gasteiger partial charge on any atom is 0.164 e. The van der Waals surface area contributed by atoms with Gasteiger partial charge in [0, 0.05) is 24.7 Å². The Morgan fingerprint density at radius 2 is 2.12 bits per heavy atom. The van der Waals surface area contributed by atoms with Gasteiger partial charge in [0.25, 0.3) is 0 Å². The minimum atomic E-state index is 0. The van der Waals surface area contributed by atoms with Gasteiger partial charge in [0.1, 0.15) is 0 Å². The Morgan fingerprint density at radius 3 is 2.71 bits per heavy atom. The SMILES string of the molecule is C=CCc1cc(CN2CCCC(N)C2)cc(OCC)c1OC.Cl.Cl. The zero-order valence-electron chi connectivity index (χ0n) is 14.6. The third-order valence-electron chi connectivity index (χ3n) is 4.01. The Balaban J connectivity index is 0.00000264. The summed E-state index contributed by atoms with van der Waals surface area (Å²) >= 11 is 0. The molecule has 1 aliphatic heterocycles. The zero-order valence-corrected chi connectivity index (χ0v) is 16.3. The number of piperidine rings is 1. The van der Waals surface area contributed by atoms with Gasteiger partial charge in [-0.3, -0.25) is 4.90 Å². The van der Waals surface area contributed by atoms with E-state index >= 15 is 0 Å². The summed E-state index contributed by atoms with van der Waals surface area (Å²) < 4.78 is 11.3. The number of hydrogen-bond donors (Lipinski definition) is 1. The topological polar surface area (TPSA) is 47.7 Å². The lowest BCUT2D eigenvalue weighted by Gasteiger charge is -2.31. The van der Waals surface area contributed by atoms with Crippen LogP contribution in [0.1, 0.15) is 30.9 Å². The van der Waals surface area contributed by atoms with E-state index in [1.165, 1.54) is 12.0 Å². The molecule has 0 radical (unpaired) electrons. The van der Waals surface area contributed by atoms with Gasteiger partial charge >= 0.3 is 0 Å². The number of likely N-dealkylation sites (tertiary alicyclic amines) is 1. The van der Waals surface area contributed by atoms with Gasteiger partial charge in [-0.25, -0.2) is 0 Å². The quantitative estimate of drug-likeness (QED) is 0.738. The molecule has 0 aromatic heterocycles. The zero-order chi connectivity index (χ0) is 15.9. The predicted molar refractivity (Wildman–Crippen MR) is 105 cm³/mol. The Kier molecular flexibility index (Phi) is 11.1. The fraction of sp³-hybridized carbons (Fsp3) is 0.556. The molecule has 1 aliphatic rings. The van der Waals surface area contributed by atoms with E-state index in [1.54, 1.807) is 7.11 Å². The van der Waals surface area contributed by atoms with E-state index in [1.807, 2.05) is 13.0 Å². The van der Waals surface area contributed by atoms with E-state index in [9.17, 15) is 0 Å². The molecule has 1 fully saturated rings. The molecule has 0 amide bonds. The van der Waals surface area contributed by atoms with Crippen LogP contribution >= 0.6 is 24.8 Å². The number of nitrogens with zero attached hydrogens (tertiary/aromatic N) is 1. The minimum absolute atomic E-state index is 0. The summed E-state index contributed by atoms with van der Waals surface area (Å²) in [6.45, 7) is 9.44. The average molecular weight is 377 g/mol. The van der Waals surface area contributed by atoms with Crippen LogP contribution in [0.5, 0.6) is 11.5 Å². The second-order valence-corrected chi connectivity index (χ2v) is 5.85. The molecule has 1 atom stereocenters. The largest absolute Gasteiger partial charge is 0.493 e. The normalized spacial score (nSPS) is 17.4. The van der Waals surface area contributed by atoms with Crippen molar-refractivity contribution in [3.63, 3.8) is 0 Å². The molecule has 1 aromatic rings. The summed E-state index contributed by atoms with van der Waals surface area (Å²) in [5.74, 6) is 1.64. The maximum atomic E-state index is 6.08. The predicted octanol–water partition coefficient (Wildman–Crippen LogP) is 3.59. The molecular formula is C18H30Cl2N2O2. The van der Waals surface area contributed by atoms with Crippen LogP contribution in [-0.4, -0.2) is 37.7 Å². The van der Waals surface area contributed by atoms with E-state index in [0.29, 0.717) is 12.6 Å². The standard InChI is InChI=1S/C18H28N2O2.2ClH/c1-4-7-15-10-14(11-17(22-5-2)18(15)21-3)12-20-9-6-8-16(19)13-20;;/h4,10-11,16H,1,5-9,12-13,19H2,2-3H3;2*1H. The van der Waals surface area contributed by atoms with Crippen molar-refractivity contribution >= 4 is 24.8 Å². The molecule has 138 valence electrons. The van der Waals surface area contributed by atoms with Crippen LogP contribution in [0.2, 0.25) is 0 Å². The summed E-state index contributed by atoms with van der Waals surface area (Å²) in [5.41, 5.74) is 8.45. The number of benzene rings is 1. The molecule has 0 spiro atoms. The van der Waals surface area contributed by atoms with E-state index in [-0.39, 0.29) is 24.8 Å². The van der Waals surface area contributed by atoms with E-state index in [2.05, 4.69) is 23.6 Å². The van der Waals surface area contributed by atoms with Gasteiger partial charge < -0.3 is 15.2 Å². The molecule has 0 aliphatic carbocycles. The first-order valence-corrected chi connectivity index (χ1v) is 8.09. The highest BCUT2D eigenvalue weighted by Crippen LogP contribution is 2.34. The monoisotopic (exact) mass is 376 g/mol. The molecule has 1 saturated heterocycles. The van der Waals surface area contributed by atoms with Crippen molar-refractivity contribution < 1.29 is 9.47 Å². The molecule has 1 heterocycles. The number of rotatable bonds is 7. The Morgan fingerprint density at radius 1 is 1.38 bits per heavy atom. The van der Waals surface area contributed by atoms with Gasteiger partial charge in [-0.15, -0.1) is 31.4 Å². The second-order valence-electron chi connectivity index (χ2n) is 5.85. The molecule has 0 bridgehead atoms. The highest BCUT2D eigenvalue weighted by Gasteiger charge is 2.18. The molecule has 2 rings (SSSR count). The van der Waals surface area contributed by atoms with Gasteiger partial charge in [-0.05, 0) is 44.4 Å². The number of halogens is 2. The molecule has 1 aromatic carbocycles. The first-order valence-electron chi connectivity index (χ1n) is 8.09. The average Bonchev–Trinajstić information content (AvgIpc) is 2.48. The second kappa shape index (κ2) is 11.6. The molecular weight excluding hydrogens is 347 g/mol. The van der Waals surface area contributed by atoms with Crippen molar-refractivity contribution in [2.75, 3.05) is 26.8 Å². The van der Waals surface area contributed by atoms with Crippen molar-refractivity contribution in [3.8, 4) is 11.5 Å². The molecule has 24 heavy (non-hydrogen) atoms. The van der Waals surface area contributed by atoms with E-state index < -0.39 is 0 Å². The molecule has 6 heteroatoms. The van der Waals surface area contributed by atoms with Gasteiger partial charge in [-0.2, -0.15) is 0 Å².